The Labute approximate surface area is 143 Å². The predicted octanol–water partition coefficient (Wildman–Crippen LogP) is 2.34. The largest absolute Gasteiger partial charge is 0.348 e. The molecule has 0 unspecified atom stereocenters. The van der Waals surface area contributed by atoms with Crippen molar-refractivity contribution in [1.82, 2.24) is 20.4 Å². The van der Waals surface area contributed by atoms with Crippen molar-refractivity contribution in [2.75, 3.05) is 0 Å². The Hall–Kier alpha value is -2.96. The lowest BCUT2D eigenvalue weighted by Gasteiger charge is -2.08. The van der Waals surface area contributed by atoms with Crippen molar-refractivity contribution in [3.8, 4) is 0 Å². The van der Waals surface area contributed by atoms with E-state index in [1.807, 2.05) is 19.9 Å². The summed E-state index contributed by atoms with van der Waals surface area (Å²) in [6.45, 7) is 3.85. The van der Waals surface area contributed by atoms with Crippen LogP contribution in [-0.4, -0.2) is 21.0 Å². The van der Waals surface area contributed by atoms with Crippen LogP contribution in [-0.2, 0) is 6.54 Å². The zero-order valence-corrected chi connectivity index (χ0v) is 14.0. The molecule has 7 nitrogen and oxygen atoms in total. The van der Waals surface area contributed by atoms with Crippen LogP contribution in [0.1, 0.15) is 51.6 Å². The number of hydrogen-bond donors (Lipinski definition) is 2. The second-order valence-corrected chi connectivity index (χ2v) is 6.54. The van der Waals surface area contributed by atoms with Gasteiger partial charge in [-0.05, 0) is 44.4 Å². The Morgan fingerprint density at radius 1 is 1.36 bits per heavy atom. The van der Waals surface area contributed by atoms with Gasteiger partial charge in [0.15, 0.2) is 0 Å². The minimum atomic E-state index is -0.281. The number of H-pyrrole nitrogens is 1. The first-order chi connectivity index (χ1) is 12.0. The molecule has 0 atom stereocenters. The second kappa shape index (κ2) is 5.84. The molecule has 4 rings (SSSR count). The van der Waals surface area contributed by atoms with Gasteiger partial charge in [-0.25, -0.2) is 4.98 Å². The Kier molecular flexibility index (Phi) is 3.63. The highest BCUT2D eigenvalue weighted by Crippen LogP contribution is 2.42. The van der Waals surface area contributed by atoms with Crippen LogP contribution in [0.5, 0.6) is 0 Å². The minimum Gasteiger partial charge on any atom is -0.348 e. The number of carbonyl (C=O) groups excluding carboxylic acids is 1. The van der Waals surface area contributed by atoms with E-state index in [2.05, 4.69) is 20.4 Å². The molecule has 1 aliphatic carbocycles. The van der Waals surface area contributed by atoms with Crippen LogP contribution in [0.25, 0.3) is 11.1 Å². The van der Waals surface area contributed by atoms with E-state index in [1.165, 1.54) is 6.20 Å². The fourth-order valence-electron chi connectivity index (χ4n) is 3.00. The van der Waals surface area contributed by atoms with E-state index < -0.39 is 0 Å². The van der Waals surface area contributed by atoms with Gasteiger partial charge in [0.2, 0.25) is 0 Å². The van der Waals surface area contributed by atoms with E-state index in [-0.39, 0.29) is 18.0 Å². The number of amides is 1. The number of pyridine rings is 2. The zero-order chi connectivity index (χ0) is 17.6. The number of carbonyl (C=O) groups is 1. The smallest absolute Gasteiger partial charge is 0.257 e. The quantitative estimate of drug-likeness (QED) is 0.760. The van der Waals surface area contributed by atoms with Crippen LogP contribution in [0.2, 0.25) is 0 Å². The van der Waals surface area contributed by atoms with Crippen LogP contribution in [0.3, 0.4) is 0 Å². The third-order valence-electron chi connectivity index (χ3n) is 4.50. The third kappa shape index (κ3) is 2.93. The molecule has 1 aliphatic rings. The Balaban J connectivity index is 1.56. The van der Waals surface area contributed by atoms with Crippen molar-refractivity contribution in [2.45, 2.75) is 39.2 Å². The summed E-state index contributed by atoms with van der Waals surface area (Å²) in [5.74, 6) is 0.131. The number of aromatic amines is 1. The summed E-state index contributed by atoms with van der Waals surface area (Å²) in [5, 5.41) is 7.65. The van der Waals surface area contributed by atoms with E-state index in [0.717, 1.165) is 35.2 Å². The van der Waals surface area contributed by atoms with Gasteiger partial charge < -0.3 is 14.8 Å². The van der Waals surface area contributed by atoms with Gasteiger partial charge in [0.25, 0.3) is 17.2 Å². The molecule has 0 spiro atoms. The highest BCUT2D eigenvalue weighted by Gasteiger charge is 2.29. The van der Waals surface area contributed by atoms with Crippen molar-refractivity contribution in [1.29, 1.82) is 0 Å². The molecule has 1 saturated carbocycles. The standard InChI is InChI=1S/C18H18N4O3/c1-9-5-10(2)21-17(24)14(9)8-19-16(23)12-6-13-15(11-3-4-11)22-25-18(13)20-7-12/h5-7,11H,3-4,8H2,1-2H3,(H,19,23)(H,21,24). The van der Waals surface area contributed by atoms with E-state index in [1.54, 1.807) is 6.07 Å². The molecule has 1 fully saturated rings. The van der Waals surface area contributed by atoms with Gasteiger partial charge in [0.1, 0.15) is 0 Å². The summed E-state index contributed by atoms with van der Waals surface area (Å²) < 4.78 is 5.22. The SMILES string of the molecule is Cc1cc(C)c(CNC(=O)c2cnc3onc(C4CC4)c3c2)c(=O)[nH]1. The molecule has 1 amide bonds. The van der Waals surface area contributed by atoms with E-state index in [9.17, 15) is 9.59 Å². The van der Waals surface area contributed by atoms with Crippen LogP contribution in [0.4, 0.5) is 0 Å². The zero-order valence-electron chi connectivity index (χ0n) is 14.0. The van der Waals surface area contributed by atoms with Crippen LogP contribution < -0.4 is 10.9 Å². The fourth-order valence-corrected chi connectivity index (χ4v) is 3.00. The predicted molar refractivity (Wildman–Crippen MR) is 91.5 cm³/mol. The van der Waals surface area contributed by atoms with E-state index >= 15 is 0 Å². The number of fused-ring (bicyclic) bond motifs is 1. The number of aryl methyl sites for hydroxylation is 2. The molecule has 0 bridgehead atoms. The summed E-state index contributed by atoms with van der Waals surface area (Å²) >= 11 is 0. The average molecular weight is 338 g/mol. The summed E-state index contributed by atoms with van der Waals surface area (Å²) in [6.07, 6.45) is 3.65. The molecule has 3 aromatic rings. The molecule has 0 saturated heterocycles. The molecule has 2 N–H and O–H groups in total. The lowest BCUT2D eigenvalue weighted by molar-refractivity contribution is 0.0950. The van der Waals surface area contributed by atoms with Gasteiger partial charge in [-0.1, -0.05) is 5.16 Å². The maximum absolute atomic E-state index is 12.5. The molecule has 0 radical (unpaired) electrons. The maximum Gasteiger partial charge on any atom is 0.257 e. The number of nitrogens with one attached hydrogen (secondary N) is 2. The van der Waals surface area contributed by atoms with Crippen LogP contribution in [0.15, 0.2) is 27.6 Å². The number of nitrogens with zero attached hydrogens (tertiary/aromatic N) is 2. The molecular formula is C18H18N4O3. The Morgan fingerprint density at radius 3 is 2.88 bits per heavy atom. The summed E-state index contributed by atoms with van der Waals surface area (Å²) in [4.78, 5) is 31.4. The van der Waals surface area contributed by atoms with Crippen LogP contribution in [0, 0.1) is 13.8 Å². The molecule has 7 heteroatoms. The lowest BCUT2D eigenvalue weighted by Crippen LogP contribution is -2.28. The number of hydrogen-bond acceptors (Lipinski definition) is 5. The molecule has 3 heterocycles. The summed E-state index contributed by atoms with van der Waals surface area (Å²) in [5.41, 5.74) is 3.78. The summed E-state index contributed by atoms with van der Waals surface area (Å²) in [6, 6.07) is 3.64. The van der Waals surface area contributed by atoms with Crippen molar-refractivity contribution in [3.05, 3.63) is 56.8 Å². The van der Waals surface area contributed by atoms with Gasteiger partial charge >= 0.3 is 0 Å². The molecule has 25 heavy (non-hydrogen) atoms. The third-order valence-corrected chi connectivity index (χ3v) is 4.50. The second-order valence-electron chi connectivity index (χ2n) is 6.54. The normalized spacial score (nSPS) is 14.0. The Bertz CT molecular complexity index is 1030. The first kappa shape index (κ1) is 15.6. The number of aromatic nitrogens is 3. The highest BCUT2D eigenvalue weighted by molar-refractivity contribution is 5.97. The molecule has 3 aromatic heterocycles. The highest BCUT2D eigenvalue weighted by atomic mass is 16.5. The first-order valence-electron chi connectivity index (χ1n) is 8.26. The fraction of sp³-hybridized carbons (Fsp3) is 0.333. The molecule has 0 aliphatic heterocycles. The maximum atomic E-state index is 12.5. The minimum absolute atomic E-state index is 0.164. The average Bonchev–Trinajstić information content (AvgIpc) is 3.32. The van der Waals surface area contributed by atoms with Gasteiger partial charge in [0.05, 0.1) is 16.6 Å². The van der Waals surface area contributed by atoms with E-state index in [0.29, 0.717) is 22.8 Å². The van der Waals surface area contributed by atoms with Gasteiger partial charge in [0, 0.05) is 29.9 Å². The number of rotatable bonds is 4. The van der Waals surface area contributed by atoms with Crippen molar-refractivity contribution in [3.63, 3.8) is 0 Å². The van der Waals surface area contributed by atoms with E-state index in [4.69, 9.17) is 4.52 Å². The monoisotopic (exact) mass is 338 g/mol. The van der Waals surface area contributed by atoms with Gasteiger partial charge in [-0.2, -0.15) is 0 Å². The van der Waals surface area contributed by atoms with Crippen LogP contribution >= 0.6 is 0 Å². The van der Waals surface area contributed by atoms with Gasteiger partial charge in [-0.3, -0.25) is 9.59 Å². The van der Waals surface area contributed by atoms with Crippen molar-refractivity contribution in [2.24, 2.45) is 0 Å². The van der Waals surface area contributed by atoms with Crippen molar-refractivity contribution < 1.29 is 9.32 Å². The Morgan fingerprint density at radius 2 is 2.16 bits per heavy atom. The topological polar surface area (TPSA) is 101 Å². The first-order valence-corrected chi connectivity index (χ1v) is 8.26. The van der Waals surface area contributed by atoms with Gasteiger partial charge in [-0.15, -0.1) is 0 Å². The lowest BCUT2D eigenvalue weighted by atomic mass is 10.1. The molecule has 128 valence electrons. The molecule has 0 aromatic carbocycles. The van der Waals surface area contributed by atoms with Crippen molar-refractivity contribution >= 4 is 17.0 Å². The summed E-state index contributed by atoms with van der Waals surface area (Å²) in [7, 11) is 0. The molecular weight excluding hydrogens is 320 g/mol.